The van der Waals surface area contributed by atoms with Crippen molar-refractivity contribution in [1.82, 2.24) is 10.2 Å². The Balaban J connectivity index is 1.05. The van der Waals surface area contributed by atoms with Crippen LogP contribution >= 0.6 is 0 Å². The number of anilines is 1. The van der Waals surface area contributed by atoms with E-state index in [1.54, 1.807) is 48.5 Å². The Morgan fingerprint density at radius 1 is 0.843 bits per heavy atom. The zero-order chi connectivity index (χ0) is 35.6. The molecular weight excluding hydrogens is 646 g/mol. The number of aliphatic hydroxyl groups excluding tert-OH is 2. The number of carbonyl (C=O) groups is 1. The molecule has 0 bridgehead atoms. The summed E-state index contributed by atoms with van der Waals surface area (Å²) in [6.45, 7) is 1.18. The van der Waals surface area contributed by atoms with Gasteiger partial charge in [-0.15, -0.1) is 0 Å². The molecule has 0 unspecified atom stereocenters. The zero-order valence-corrected chi connectivity index (χ0v) is 28.4. The van der Waals surface area contributed by atoms with Crippen LogP contribution < -0.4 is 15.4 Å². The summed E-state index contributed by atoms with van der Waals surface area (Å²) in [6.07, 6.45) is -1.29. The highest BCUT2D eigenvalue weighted by molar-refractivity contribution is 5.89. The van der Waals surface area contributed by atoms with Gasteiger partial charge in [0, 0.05) is 37.3 Å². The van der Waals surface area contributed by atoms with Crippen LogP contribution in [0.25, 0.3) is 0 Å². The molecule has 5 aromatic rings. The summed E-state index contributed by atoms with van der Waals surface area (Å²) in [4.78, 5) is 14.6. The highest BCUT2D eigenvalue weighted by Gasteiger charge is 2.33. The number of phenols is 1. The molecule has 1 saturated heterocycles. The topological polar surface area (TPSA) is 133 Å². The number of hydrogen-bond acceptors (Lipinski definition) is 8. The van der Waals surface area contributed by atoms with Crippen LogP contribution in [0.4, 0.5) is 10.5 Å². The Morgan fingerprint density at radius 2 is 1.53 bits per heavy atom. The van der Waals surface area contributed by atoms with Gasteiger partial charge in [0.25, 0.3) is 0 Å². The molecule has 0 radical (unpaired) electrons. The summed E-state index contributed by atoms with van der Waals surface area (Å²) in [7, 11) is 1.93. The number of urea groups is 1. The highest BCUT2D eigenvalue weighted by Crippen LogP contribution is 2.38. The van der Waals surface area contributed by atoms with Crippen LogP contribution in [0.3, 0.4) is 0 Å². The smallest absolute Gasteiger partial charge is 0.319 e. The quantitative estimate of drug-likeness (QED) is 0.0877. The lowest BCUT2D eigenvalue weighted by Crippen LogP contribution is -2.39. The number of aliphatic hydroxyl groups is 2. The Hall–Kier alpha value is -5.23. The number of phenolic OH excluding ortho intramolecular Hbond substituents is 1. The number of hydrogen-bond donors (Lipinski definition) is 5. The maximum absolute atomic E-state index is 12.6. The minimum absolute atomic E-state index is 0.0347. The van der Waals surface area contributed by atoms with Gasteiger partial charge >= 0.3 is 6.03 Å². The number of nitrogens with zero attached hydrogens (tertiary/aromatic N) is 1. The molecule has 51 heavy (non-hydrogen) atoms. The summed E-state index contributed by atoms with van der Waals surface area (Å²) >= 11 is 0. The second-order valence-corrected chi connectivity index (χ2v) is 12.7. The van der Waals surface area contributed by atoms with Gasteiger partial charge in [-0.2, -0.15) is 0 Å². The van der Waals surface area contributed by atoms with E-state index >= 15 is 0 Å². The number of aromatic hydroxyl groups is 1. The molecule has 1 heterocycles. The summed E-state index contributed by atoms with van der Waals surface area (Å²) in [5.74, 6) is 1.52. The van der Waals surface area contributed by atoms with E-state index in [-0.39, 0.29) is 30.6 Å². The van der Waals surface area contributed by atoms with Crippen LogP contribution in [0, 0.1) is 0 Å². The minimum atomic E-state index is -0.775. The summed E-state index contributed by atoms with van der Waals surface area (Å²) in [5.41, 5.74) is 4.84. The Labute approximate surface area is 297 Å². The first-order chi connectivity index (χ1) is 24.8. The largest absolute Gasteiger partial charge is 0.508 e. The summed E-state index contributed by atoms with van der Waals surface area (Å²) < 4.78 is 18.8. The molecule has 5 aromatic carbocycles. The fourth-order valence-electron chi connectivity index (χ4n) is 5.97. The molecule has 5 N–H and O–H groups in total. The molecule has 1 aliphatic heterocycles. The Morgan fingerprint density at radius 3 is 2.24 bits per heavy atom. The number of likely N-dealkylation sites (N-methyl/N-ethyl adjacent to an activating group) is 1. The lowest BCUT2D eigenvalue weighted by atomic mass is 9.99. The van der Waals surface area contributed by atoms with E-state index in [1.807, 2.05) is 90.8 Å². The molecule has 1 fully saturated rings. The van der Waals surface area contributed by atoms with Crippen molar-refractivity contribution in [2.45, 2.75) is 44.2 Å². The van der Waals surface area contributed by atoms with Gasteiger partial charge in [0.05, 0.1) is 24.9 Å². The second kappa shape index (κ2) is 17.1. The summed E-state index contributed by atoms with van der Waals surface area (Å²) in [5, 5.41) is 35.9. The normalized spacial score (nSPS) is 17.8. The number of nitrogens with one attached hydrogen (secondary N) is 2. The van der Waals surface area contributed by atoms with Crippen LogP contribution in [0.15, 0.2) is 127 Å². The van der Waals surface area contributed by atoms with Crippen LogP contribution in [-0.2, 0) is 22.6 Å². The minimum Gasteiger partial charge on any atom is -0.508 e. The zero-order valence-electron chi connectivity index (χ0n) is 28.4. The number of rotatable bonds is 13. The number of carbonyl (C=O) groups excluding carboxylic acids is 1. The molecule has 0 aliphatic carbocycles. The van der Waals surface area contributed by atoms with Gasteiger partial charge in [-0.1, -0.05) is 78.9 Å². The average molecular weight is 690 g/mol. The van der Waals surface area contributed by atoms with Gasteiger partial charge in [-0.05, 0) is 77.8 Å². The van der Waals surface area contributed by atoms with Crippen LogP contribution in [0.1, 0.15) is 52.7 Å². The first kappa shape index (κ1) is 35.6. The van der Waals surface area contributed by atoms with Gasteiger partial charge < -0.3 is 45.1 Å². The first-order valence-electron chi connectivity index (χ1n) is 16.9. The molecule has 10 nitrogen and oxygen atoms in total. The molecule has 2 amide bonds. The first-order valence-corrected chi connectivity index (χ1v) is 16.9. The molecule has 4 atom stereocenters. The molecule has 0 spiro atoms. The van der Waals surface area contributed by atoms with Gasteiger partial charge in [-0.25, -0.2) is 4.79 Å². The highest BCUT2D eigenvalue weighted by atomic mass is 16.7. The van der Waals surface area contributed by atoms with Crippen molar-refractivity contribution < 1.29 is 34.3 Å². The van der Waals surface area contributed by atoms with E-state index < -0.39 is 12.4 Å². The van der Waals surface area contributed by atoms with Gasteiger partial charge in [0.1, 0.15) is 17.2 Å². The van der Waals surface area contributed by atoms with E-state index in [1.165, 1.54) is 0 Å². The fraction of sp³-hybridized carbons (Fsp3) is 0.244. The van der Waals surface area contributed by atoms with Gasteiger partial charge in [0.15, 0.2) is 6.29 Å². The van der Waals surface area contributed by atoms with Crippen LogP contribution in [0.2, 0.25) is 0 Å². The van der Waals surface area contributed by atoms with Gasteiger partial charge in [-0.3, -0.25) is 0 Å². The molecule has 10 heteroatoms. The predicted octanol–water partition coefficient (Wildman–Crippen LogP) is 7.21. The van der Waals surface area contributed by atoms with E-state index in [4.69, 9.17) is 14.2 Å². The van der Waals surface area contributed by atoms with Crippen molar-refractivity contribution in [2.24, 2.45) is 0 Å². The maximum atomic E-state index is 12.6. The molecule has 1 aliphatic rings. The number of benzene rings is 5. The van der Waals surface area contributed by atoms with Crippen molar-refractivity contribution >= 4 is 11.7 Å². The Bertz CT molecular complexity index is 1840. The predicted molar refractivity (Wildman–Crippen MR) is 194 cm³/mol. The van der Waals surface area contributed by atoms with E-state index in [9.17, 15) is 20.1 Å². The molecule has 0 aromatic heterocycles. The third kappa shape index (κ3) is 10.2. The second-order valence-electron chi connectivity index (χ2n) is 12.7. The van der Waals surface area contributed by atoms with E-state index in [0.717, 1.165) is 28.0 Å². The van der Waals surface area contributed by atoms with E-state index in [2.05, 4.69) is 10.6 Å². The monoisotopic (exact) mass is 689 g/mol. The number of para-hydroxylation sites is 1. The Kier molecular flexibility index (Phi) is 12.0. The average Bonchev–Trinajstić information content (AvgIpc) is 3.15. The van der Waals surface area contributed by atoms with E-state index in [0.29, 0.717) is 43.1 Å². The van der Waals surface area contributed by atoms with Crippen molar-refractivity contribution in [3.63, 3.8) is 0 Å². The maximum Gasteiger partial charge on any atom is 0.319 e. The van der Waals surface area contributed by atoms with Crippen molar-refractivity contribution in [3.8, 4) is 17.2 Å². The molecule has 6 rings (SSSR count). The third-order valence-electron chi connectivity index (χ3n) is 8.67. The SMILES string of the molecule is CN(C[C@H]1C[C@@H](c2ccc(CO)cc2)O[C@@H](c2ccc(CNC(=O)Nc3ccc(Oc4ccccc4)cc3)cc2)O1)C[C@@H](O)c1cccc(O)c1. The van der Waals surface area contributed by atoms with Crippen LogP contribution in [-0.4, -0.2) is 52.5 Å². The standard InChI is InChI=1S/C41H43N3O7/c1-44(26-38(47)32-6-5-7-34(46)22-32)25-37-23-39(30-14-12-29(27-45)13-15-30)51-40(50-37)31-16-10-28(11-17-31)24-42-41(48)43-33-18-20-36(21-19-33)49-35-8-3-2-4-9-35/h2-22,37-40,45-47H,23-27H2,1H3,(H2,42,43,48)/t37-,38-,39+,40+/m1/s1. The molecule has 264 valence electrons. The lowest BCUT2D eigenvalue weighted by Gasteiger charge is -2.38. The summed E-state index contributed by atoms with van der Waals surface area (Å²) in [6, 6.07) is 38.5. The number of ether oxygens (including phenoxy) is 3. The lowest BCUT2D eigenvalue weighted by molar-refractivity contribution is -0.252. The number of amides is 2. The fourth-order valence-corrected chi connectivity index (χ4v) is 5.97. The van der Waals surface area contributed by atoms with Crippen LogP contribution in [0.5, 0.6) is 17.2 Å². The van der Waals surface area contributed by atoms with Crippen molar-refractivity contribution in [1.29, 1.82) is 0 Å². The van der Waals surface area contributed by atoms with Gasteiger partial charge in [0.2, 0.25) is 0 Å². The van der Waals surface area contributed by atoms with Crippen molar-refractivity contribution in [2.75, 3.05) is 25.5 Å². The molecule has 0 saturated carbocycles. The van der Waals surface area contributed by atoms with Crippen molar-refractivity contribution in [3.05, 3.63) is 155 Å². The molecular formula is C41H43N3O7. The third-order valence-corrected chi connectivity index (χ3v) is 8.67.